The highest BCUT2D eigenvalue weighted by atomic mass is 32.1. The molecule has 1 aromatic heterocycles. The van der Waals surface area contributed by atoms with Crippen LogP contribution in [0.4, 0.5) is 18.3 Å². The number of rotatable bonds is 4. The molecular weight excluding hydrogens is 239 g/mol. The number of halogens is 3. The van der Waals surface area contributed by atoms with Crippen molar-refractivity contribution in [3.05, 3.63) is 10.6 Å². The van der Waals surface area contributed by atoms with Crippen molar-refractivity contribution in [3.63, 3.8) is 0 Å². The van der Waals surface area contributed by atoms with Gasteiger partial charge >= 0.3 is 6.18 Å². The first-order valence-corrected chi connectivity index (χ1v) is 5.77. The van der Waals surface area contributed by atoms with Crippen molar-refractivity contribution in [2.75, 3.05) is 18.0 Å². The largest absolute Gasteiger partial charge is 0.434 e. The summed E-state index contributed by atoms with van der Waals surface area (Å²) in [5, 5.41) is 0.387. The second-order valence-electron chi connectivity index (χ2n) is 3.14. The number of hydrogen-bond donors (Lipinski definition) is 1. The molecule has 3 nitrogen and oxygen atoms in total. The smallest absolute Gasteiger partial charge is 0.349 e. The van der Waals surface area contributed by atoms with Crippen LogP contribution in [0.2, 0.25) is 0 Å². The molecule has 92 valence electrons. The van der Waals surface area contributed by atoms with Crippen LogP contribution < -0.4 is 10.6 Å². The molecule has 0 atom stereocenters. The monoisotopic (exact) mass is 253 g/mol. The average molecular weight is 253 g/mol. The fraction of sp³-hybridized carbons (Fsp3) is 0.667. The highest BCUT2D eigenvalue weighted by Crippen LogP contribution is 2.36. The maximum absolute atomic E-state index is 12.6. The van der Waals surface area contributed by atoms with Crippen molar-refractivity contribution in [2.24, 2.45) is 5.73 Å². The van der Waals surface area contributed by atoms with Gasteiger partial charge in [0.15, 0.2) is 10.8 Å². The van der Waals surface area contributed by atoms with E-state index in [4.69, 9.17) is 5.73 Å². The Morgan fingerprint density at radius 3 is 2.19 bits per heavy atom. The van der Waals surface area contributed by atoms with E-state index in [1.807, 2.05) is 13.8 Å². The molecule has 0 aliphatic carbocycles. The summed E-state index contributed by atoms with van der Waals surface area (Å²) in [5.41, 5.74) is 4.45. The molecule has 0 saturated heterocycles. The van der Waals surface area contributed by atoms with Crippen LogP contribution in [0, 0.1) is 0 Å². The summed E-state index contributed by atoms with van der Waals surface area (Å²) in [6.07, 6.45) is -4.42. The molecule has 0 fully saturated rings. The Kier molecular flexibility index (Phi) is 4.15. The van der Waals surface area contributed by atoms with E-state index in [2.05, 4.69) is 4.98 Å². The van der Waals surface area contributed by atoms with Gasteiger partial charge in [-0.2, -0.15) is 13.2 Å². The van der Waals surface area contributed by atoms with Gasteiger partial charge in [-0.3, -0.25) is 0 Å². The zero-order chi connectivity index (χ0) is 12.3. The highest BCUT2D eigenvalue weighted by molar-refractivity contribution is 7.15. The van der Waals surface area contributed by atoms with Crippen LogP contribution >= 0.6 is 11.3 Å². The number of anilines is 1. The summed E-state index contributed by atoms with van der Waals surface area (Å²) >= 11 is 1.01. The first kappa shape index (κ1) is 13.2. The van der Waals surface area contributed by atoms with E-state index in [9.17, 15) is 13.2 Å². The summed E-state index contributed by atoms with van der Waals surface area (Å²) in [6, 6.07) is 0. The van der Waals surface area contributed by atoms with Crippen molar-refractivity contribution < 1.29 is 13.2 Å². The lowest BCUT2D eigenvalue weighted by molar-refractivity contribution is -0.141. The van der Waals surface area contributed by atoms with E-state index in [1.165, 1.54) is 0 Å². The van der Waals surface area contributed by atoms with Crippen molar-refractivity contribution >= 4 is 16.5 Å². The molecule has 0 saturated carbocycles. The number of alkyl halides is 3. The zero-order valence-corrected chi connectivity index (χ0v) is 9.95. The van der Waals surface area contributed by atoms with Gasteiger partial charge in [0.2, 0.25) is 0 Å². The molecule has 0 aliphatic rings. The van der Waals surface area contributed by atoms with E-state index < -0.39 is 11.9 Å². The number of nitrogens with two attached hydrogens (primary N) is 1. The predicted molar refractivity (Wildman–Crippen MR) is 58.6 cm³/mol. The minimum Gasteiger partial charge on any atom is -0.349 e. The van der Waals surface area contributed by atoms with E-state index in [0.29, 0.717) is 18.2 Å². The first-order chi connectivity index (χ1) is 7.43. The fourth-order valence-corrected chi connectivity index (χ4v) is 2.41. The Labute approximate surface area is 96.1 Å². The molecular formula is C9H14F3N3S. The van der Waals surface area contributed by atoms with Crippen molar-refractivity contribution in [1.29, 1.82) is 0 Å². The second-order valence-corrected chi connectivity index (χ2v) is 4.20. The van der Waals surface area contributed by atoms with E-state index in [1.54, 1.807) is 4.90 Å². The van der Waals surface area contributed by atoms with Crippen LogP contribution in [0.15, 0.2) is 0 Å². The molecule has 1 aromatic rings. The first-order valence-electron chi connectivity index (χ1n) is 4.95. The number of thiazole rings is 1. The van der Waals surface area contributed by atoms with Crippen molar-refractivity contribution in [2.45, 2.75) is 26.6 Å². The topological polar surface area (TPSA) is 42.2 Å². The van der Waals surface area contributed by atoms with Crippen LogP contribution in [-0.4, -0.2) is 18.1 Å². The minimum absolute atomic E-state index is 0.0920. The molecule has 0 spiro atoms. The summed E-state index contributed by atoms with van der Waals surface area (Å²) in [4.78, 5) is 5.50. The van der Waals surface area contributed by atoms with Crippen LogP contribution in [-0.2, 0) is 12.7 Å². The van der Waals surface area contributed by atoms with E-state index in [0.717, 1.165) is 11.3 Å². The summed E-state index contributed by atoms with van der Waals surface area (Å²) < 4.78 is 37.8. The third kappa shape index (κ3) is 2.65. The van der Waals surface area contributed by atoms with Gasteiger partial charge in [0.1, 0.15) is 0 Å². The summed E-state index contributed by atoms with van der Waals surface area (Å²) in [7, 11) is 0. The Bertz CT molecular complexity index is 344. The van der Waals surface area contributed by atoms with E-state index >= 15 is 0 Å². The molecule has 1 rings (SSSR count). The molecule has 0 aliphatic heterocycles. The standard InChI is InChI=1S/C9H14F3N3S/c1-3-15(4-2)8-14-7(9(10,11)12)6(5-13)16-8/h3-5,13H2,1-2H3. The molecule has 0 radical (unpaired) electrons. The van der Waals surface area contributed by atoms with Gasteiger partial charge < -0.3 is 10.6 Å². The van der Waals surface area contributed by atoms with Gasteiger partial charge in [-0.15, -0.1) is 0 Å². The molecule has 2 N–H and O–H groups in total. The lowest BCUT2D eigenvalue weighted by Gasteiger charge is -2.16. The third-order valence-electron chi connectivity index (χ3n) is 2.17. The Morgan fingerprint density at radius 1 is 1.31 bits per heavy atom. The minimum atomic E-state index is -4.42. The maximum Gasteiger partial charge on any atom is 0.434 e. The van der Waals surface area contributed by atoms with Crippen molar-refractivity contribution in [1.82, 2.24) is 4.98 Å². The lowest BCUT2D eigenvalue weighted by atomic mass is 10.3. The Morgan fingerprint density at radius 2 is 1.88 bits per heavy atom. The van der Waals surface area contributed by atoms with Gasteiger partial charge in [0.05, 0.1) is 4.88 Å². The van der Waals surface area contributed by atoms with Gasteiger partial charge in [0.25, 0.3) is 0 Å². The van der Waals surface area contributed by atoms with Crippen LogP contribution in [0.1, 0.15) is 24.4 Å². The SMILES string of the molecule is CCN(CC)c1nc(C(F)(F)F)c(CN)s1. The van der Waals surface area contributed by atoms with Crippen molar-refractivity contribution in [3.8, 4) is 0 Å². The number of nitrogens with zero attached hydrogens (tertiary/aromatic N) is 2. The normalized spacial score (nSPS) is 11.9. The molecule has 16 heavy (non-hydrogen) atoms. The van der Waals surface area contributed by atoms with Crippen LogP contribution in [0.5, 0.6) is 0 Å². The summed E-state index contributed by atoms with van der Waals surface area (Å²) in [6.45, 7) is 4.88. The molecule has 1 heterocycles. The number of aromatic nitrogens is 1. The zero-order valence-electron chi connectivity index (χ0n) is 9.14. The van der Waals surface area contributed by atoms with Crippen LogP contribution in [0.3, 0.4) is 0 Å². The van der Waals surface area contributed by atoms with E-state index in [-0.39, 0.29) is 11.4 Å². The highest BCUT2D eigenvalue weighted by Gasteiger charge is 2.37. The Hall–Kier alpha value is -0.820. The molecule has 0 bridgehead atoms. The summed E-state index contributed by atoms with van der Waals surface area (Å²) in [5.74, 6) is 0. The Balaban J connectivity index is 3.12. The van der Waals surface area contributed by atoms with Gasteiger partial charge in [0, 0.05) is 19.6 Å². The maximum atomic E-state index is 12.6. The predicted octanol–water partition coefficient (Wildman–Crippen LogP) is 2.47. The number of hydrogen-bond acceptors (Lipinski definition) is 4. The second kappa shape index (κ2) is 5.01. The molecule has 7 heteroatoms. The van der Waals surface area contributed by atoms with Gasteiger partial charge in [-0.1, -0.05) is 11.3 Å². The van der Waals surface area contributed by atoms with Crippen LogP contribution in [0.25, 0.3) is 0 Å². The van der Waals surface area contributed by atoms with Gasteiger partial charge in [-0.25, -0.2) is 4.98 Å². The molecule has 0 aromatic carbocycles. The third-order valence-corrected chi connectivity index (χ3v) is 3.31. The quantitative estimate of drug-likeness (QED) is 0.896. The van der Waals surface area contributed by atoms with Gasteiger partial charge in [-0.05, 0) is 13.8 Å². The fourth-order valence-electron chi connectivity index (χ4n) is 1.33. The average Bonchev–Trinajstić information content (AvgIpc) is 2.63. The molecule has 0 unspecified atom stereocenters. The lowest BCUT2D eigenvalue weighted by Crippen LogP contribution is -2.21. The molecule has 0 amide bonds.